The zero-order chi connectivity index (χ0) is 89.3. The van der Waals surface area contributed by atoms with Gasteiger partial charge in [-0.15, -0.1) is 0 Å². The summed E-state index contributed by atoms with van der Waals surface area (Å²) in [6, 6.07) is 0. The lowest BCUT2D eigenvalue weighted by Crippen LogP contribution is -2.30. The Balaban J connectivity index is 4.55. The van der Waals surface area contributed by atoms with Gasteiger partial charge in [0.2, 0.25) is 0 Å². The van der Waals surface area contributed by atoms with Crippen LogP contribution in [-0.4, -0.2) is 95.9 Å². The number of esters is 3. The normalized spacial score (nSPS) is 14.5. The molecule has 0 bridgehead atoms. The first-order valence-electron chi connectivity index (χ1n) is 49.1. The van der Waals surface area contributed by atoms with Crippen LogP contribution in [0.3, 0.4) is 0 Å². The van der Waals surface area contributed by atoms with Crippen LogP contribution in [0.5, 0.6) is 0 Å². The summed E-state index contributed by atoms with van der Waals surface area (Å²) in [5.41, 5.74) is 0. The Morgan fingerprint density at radius 3 is 0.683 bits per heavy atom. The number of aliphatic hydroxyl groups excluding tert-OH is 2. The zero-order valence-corrected chi connectivity index (χ0v) is 79.6. The molecule has 0 aromatic heterocycles. The van der Waals surface area contributed by atoms with Crippen molar-refractivity contribution in [3.05, 3.63) is 182 Å². The second-order valence-electron chi connectivity index (χ2n) is 32.5. The summed E-state index contributed by atoms with van der Waals surface area (Å²) in [5, 5.41) is 20.8. The molecular formula is C105H178O16P2. The highest BCUT2D eigenvalue weighted by Crippen LogP contribution is 2.45. The van der Waals surface area contributed by atoms with Crippen molar-refractivity contribution >= 4 is 33.6 Å². The van der Waals surface area contributed by atoms with Gasteiger partial charge in [-0.05, 0) is 161 Å². The maximum absolute atomic E-state index is 13.1. The van der Waals surface area contributed by atoms with Gasteiger partial charge in [-0.2, -0.15) is 0 Å². The predicted octanol–water partition coefficient (Wildman–Crippen LogP) is 30.8. The zero-order valence-electron chi connectivity index (χ0n) is 77.8. The molecule has 0 radical (unpaired) electrons. The average Bonchev–Trinajstić information content (AvgIpc) is 0.898. The minimum atomic E-state index is -4.95. The summed E-state index contributed by atoms with van der Waals surface area (Å²) >= 11 is 0. The third kappa shape index (κ3) is 97.1. The van der Waals surface area contributed by atoms with Crippen molar-refractivity contribution in [1.29, 1.82) is 0 Å². The Morgan fingerprint density at radius 1 is 0.236 bits per heavy atom. The summed E-state index contributed by atoms with van der Waals surface area (Å²) in [5.74, 6) is -1.59. The van der Waals surface area contributed by atoms with Crippen LogP contribution in [0, 0.1) is 0 Å². The maximum Gasteiger partial charge on any atom is 0.472 e. The lowest BCUT2D eigenvalue weighted by atomic mass is 10.0. The fraction of sp³-hybridized carbons (Fsp3) is 0.686. The van der Waals surface area contributed by atoms with Crippen molar-refractivity contribution in [1.82, 2.24) is 0 Å². The molecule has 0 amide bonds. The van der Waals surface area contributed by atoms with Crippen LogP contribution < -0.4 is 0 Å². The summed E-state index contributed by atoms with van der Waals surface area (Å²) in [6.45, 7) is 2.46. The molecule has 0 aromatic rings. The molecule has 0 saturated carbocycles. The topological polar surface area (TPSA) is 231 Å². The molecule has 0 aromatic carbocycles. The molecule has 0 spiro atoms. The predicted molar refractivity (Wildman–Crippen MR) is 518 cm³/mol. The molecule has 4 N–H and O–H groups in total. The Bertz CT molecular complexity index is 2970. The van der Waals surface area contributed by atoms with Gasteiger partial charge in [0, 0.05) is 19.3 Å². The van der Waals surface area contributed by atoms with E-state index in [0.29, 0.717) is 19.3 Å². The first-order valence-corrected chi connectivity index (χ1v) is 52.1. The first-order chi connectivity index (χ1) is 60.2. The molecule has 5 atom stereocenters. The molecule has 0 rings (SSSR count). The minimum Gasteiger partial charge on any atom is -0.463 e. The smallest absolute Gasteiger partial charge is 0.463 e. The van der Waals surface area contributed by atoms with Crippen molar-refractivity contribution in [2.75, 3.05) is 39.6 Å². The van der Waals surface area contributed by atoms with E-state index in [9.17, 15) is 43.5 Å². The molecule has 0 aliphatic carbocycles. The number of hydrogen-bond acceptors (Lipinski definition) is 14. The number of aliphatic hydroxyl groups is 2. The number of rotatable bonds is 92. The van der Waals surface area contributed by atoms with E-state index in [1.807, 2.05) is 0 Å². The van der Waals surface area contributed by atoms with Gasteiger partial charge in [0.15, 0.2) is 6.10 Å². The number of ether oxygens (including phenoxy) is 3. The second kappa shape index (κ2) is 95.7. The van der Waals surface area contributed by atoms with E-state index in [1.54, 1.807) is 0 Å². The van der Waals surface area contributed by atoms with Gasteiger partial charge in [0.1, 0.15) is 25.4 Å². The Kier molecular flexibility index (Phi) is 91.6. The Morgan fingerprint density at radius 2 is 0.431 bits per heavy atom. The molecule has 0 fully saturated rings. The van der Waals surface area contributed by atoms with Crippen LogP contribution in [0.25, 0.3) is 0 Å². The van der Waals surface area contributed by atoms with Gasteiger partial charge in [0.05, 0.1) is 26.4 Å². The molecule has 16 nitrogen and oxygen atoms in total. The number of phosphoric ester groups is 2. The highest BCUT2D eigenvalue weighted by atomic mass is 31.2. The molecule has 18 heteroatoms. The molecule has 123 heavy (non-hydrogen) atoms. The van der Waals surface area contributed by atoms with E-state index in [1.165, 1.54) is 180 Å². The quantitative estimate of drug-likeness (QED) is 0.0146. The van der Waals surface area contributed by atoms with E-state index in [4.69, 9.17) is 32.3 Å². The van der Waals surface area contributed by atoms with Gasteiger partial charge < -0.3 is 34.2 Å². The van der Waals surface area contributed by atoms with E-state index < -0.39 is 91.5 Å². The monoisotopic (exact) mass is 1760 g/mol. The molecule has 5 unspecified atom stereocenters. The summed E-state index contributed by atoms with van der Waals surface area (Å²) in [4.78, 5) is 59.1. The number of carbonyl (C=O) groups is 3. The summed E-state index contributed by atoms with van der Waals surface area (Å²) < 4.78 is 61.6. The van der Waals surface area contributed by atoms with Crippen LogP contribution in [0.1, 0.15) is 406 Å². The van der Waals surface area contributed by atoms with Crippen LogP contribution in [0.4, 0.5) is 0 Å². The van der Waals surface area contributed by atoms with Crippen LogP contribution >= 0.6 is 15.6 Å². The van der Waals surface area contributed by atoms with Crippen molar-refractivity contribution in [3.63, 3.8) is 0 Å². The van der Waals surface area contributed by atoms with Gasteiger partial charge in [-0.25, -0.2) is 9.13 Å². The highest BCUT2D eigenvalue weighted by molar-refractivity contribution is 7.47. The van der Waals surface area contributed by atoms with E-state index >= 15 is 0 Å². The molecule has 0 saturated heterocycles. The fourth-order valence-corrected chi connectivity index (χ4v) is 14.8. The summed E-state index contributed by atoms with van der Waals surface area (Å²) in [6.07, 6.45) is 127. The van der Waals surface area contributed by atoms with Crippen LogP contribution in [0.2, 0.25) is 0 Å². The third-order valence-corrected chi connectivity index (χ3v) is 22.5. The number of hydrogen-bond donors (Lipinski definition) is 4. The van der Waals surface area contributed by atoms with E-state index in [2.05, 4.69) is 203 Å². The van der Waals surface area contributed by atoms with Gasteiger partial charge in [0.25, 0.3) is 0 Å². The number of carbonyl (C=O) groups excluding carboxylic acids is 3. The van der Waals surface area contributed by atoms with Crippen LogP contribution in [0.15, 0.2) is 182 Å². The molecular weight excluding hydrogens is 1580 g/mol. The van der Waals surface area contributed by atoms with E-state index in [0.717, 1.165) is 167 Å². The number of phosphoric acid groups is 2. The highest BCUT2D eigenvalue weighted by Gasteiger charge is 2.30. The molecule has 704 valence electrons. The summed E-state index contributed by atoms with van der Waals surface area (Å²) in [7, 11) is -9.82. The largest absolute Gasteiger partial charge is 0.472 e. The standard InChI is InChI=1S/C105H178O16P2/c1-4-7-10-13-16-19-22-25-28-31-34-37-39-41-43-45-47-48-49-50-52-54-55-57-59-62-64-67-70-73-76-79-82-85-88-91-103(108)115-94-100(106)95-117-122(111,112)118-96-101(107)97-119-123(113,114)120-99-102(121-105(110)93-90-87-84-81-78-75-72-69-66-61-36-33-30-27-24-21-18-15-12-9-6-3)98-116-104(109)92-89-86-83-80-77-74-71-68-65-63-60-58-56-53-51-46-44-42-40-38-35-32-29-26-23-20-17-14-11-8-5-2/h7-8,10-11,16-21,25-30,34-38,41-44,47-48,61,69,72,100-102,106-107H,4-6,9,12-15,22-24,31-33,39-40,45-46,49-60,62-68,70-71,73-99H2,1-3H3,(H,111,112)(H,113,114)/b10-7-,11-8-,19-16-,20-17-,21-18-,28-25-,29-26-,30-27-,37-34-,38-35-,43-41-,44-42-,48-47-,61-36-,72-69-. The lowest BCUT2D eigenvalue weighted by Gasteiger charge is -2.21. The lowest BCUT2D eigenvalue weighted by molar-refractivity contribution is -0.161. The number of unbranched alkanes of at least 4 members (excludes halogenated alkanes) is 39. The number of allylic oxidation sites excluding steroid dienone is 30. The van der Waals surface area contributed by atoms with Gasteiger partial charge in [-0.3, -0.25) is 32.5 Å². The van der Waals surface area contributed by atoms with Crippen molar-refractivity contribution in [2.45, 2.75) is 424 Å². The third-order valence-electron chi connectivity index (χ3n) is 20.6. The van der Waals surface area contributed by atoms with Gasteiger partial charge in [-0.1, -0.05) is 409 Å². The SMILES string of the molecule is CC/C=C\C/C=C\C/C=C\C/C=C\C/C=C\C/C=C\CCCCCCCCCCCCCCCCCCC(=O)OCC(O)COP(=O)(O)OCC(O)COP(=O)(O)OCC(COC(=O)CCCCCCCCCCCCCCCCC/C=C\C/C=C\C/C=C\C/C=C\C/C=C\CC)OC(=O)CCCCCCC/C=C\C/C=C\C/C=C\C/C=C\CCCCC. The Labute approximate surface area is 751 Å². The van der Waals surface area contributed by atoms with Crippen molar-refractivity contribution in [2.24, 2.45) is 0 Å². The maximum atomic E-state index is 13.1. The van der Waals surface area contributed by atoms with Crippen molar-refractivity contribution < 1.29 is 75.8 Å². The average molecular weight is 1760 g/mol. The minimum absolute atomic E-state index is 0.0805. The fourth-order valence-electron chi connectivity index (χ4n) is 13.2. The van der Waals surface area contributed by atoms with Gasteiger partial charge >= 0.3 is 33.6 Å². The first kappa shape index (κ1) is 118. The van der Waals surface area contributed by atoms with Crippen molar-refractivity contribution in [3.8, 4) is 0 Å². The van der Waals surface area contributed by atoms with Crippen LogP contribution in [-0.2, 0) is 55.8 Å². The molecule has 0 aliphatic heterocycles. The Hall–Kier alpha value is -5.35. The second-order valence-corrected chi connectivity index (χ2v) is 35.4. The molecule has 0 heterocycles. The molecule has 0 aliphatic rings. The van der Waals surface area contributed by atoms with E-state index in [-0.39, 0.29) is 19.3 Å².